The largest absolute Gasteiger partial charge is 0.378 e. The summed E-state index contributed by atoms with van der Waals surface area (Å²) in [5, 5.41) is 12.8. The number of hydrogen-bond acceptors (Lipinski definition) is 4. The summed E-state index contributed by atoms with van der Waals surface area (Å²) in [5.74, 6) is -0.470. The normalized spacial score (nSPS) is 23.9. The van der Waals surface area contributed by atoms with Gasteiger partial charge in [-0.25, -0.2) is 0 Å². The lowest BCUT2D eigenvalue weighted by molar-refractivity contribution is -0.116. The molecule has 2 atom stereocenters. The smallest absolute Gasteiger partial charge is 0.161 e. The predicted molar refractivity (Wildman–Crippen MR) is 90.8 cm³/mol. The minimum atomic E-state index is -0.416. The van der Waals surface area contributed by atoms with E-state index in [1.54, 1.807) is 0 Å². The van der Waals surface area contributed by atoms with E-state index in [-0.39, 0.29) is 11.7 Å². The lowest BCUT2D eigenvalue weighted by Crippen LogP contribution is -2.36. The van der Waals surface area contributed by atoms with Crippen molar-refractivity contribution in [3.05, 3.63) is 53.4 Å². The van der Waals surface area contributed by atoms with Gasteiger partial charge in [0.25, 0.3) is 0 Å². The number of hydrogen-bond donors (Lipinski definition) is 1. The van der Waals surface area contributed by atoms with Gasteiger partial charge in [0.2, 0.25) is 0 Å². The van der Waals surface area contributed by atoms with Crippen LogP contribution in [0.5, 0.6) is 0 Å². The van der Waals surface area contributed by atoms with Gasteiger partial charge in [0, 0.05) is 49.1 Å². The summed E-state index contributed by atoms with van der Waals surface area (Å²) < 4.78 is 0. The SMILES string of the molecule is C=C1NC2=C(C(=O)CCC2)C(c2ccc(N(C)C)cc2)C1C#N. The van der Waals surface area contributed by atoms with Crippen LogP contribution in [0.15, 0.2) is 47.8 Å². The molecule has 2 aliphatic rings. The Morgan fingerprint density at radius 3 is 2.57 bits per heavy atom. The van der Waals surface area contributed by atoms with Crippen molar-refractivity contribution in [1.29, 1.82) is 5.26 Å². The molecule has 0 saturated heterocycles. The second kappa shape index (κ2) is 5.92. The van der Waals surface area contributed by atoms with Crippen LogP contribution in [0.25, 0.3) is 0 Å². The van der Waals surface area contributed by atoms with Crippen LogP contribution >= 0.6 is 0 Å². The summed E-state index contributed by atoms with van der Waals surface area (Å²) in [6.07, 6.45) is 2.28. The molecule has 0 saturated carbocycles. The Balaban J connectivity index is 2.10. The maximum Gasteiger partial charge on any atom is 0.161 e. The Hall–Kier alpha value is -2.54. The summed E-state index contributed by atoms with van der Waals surface area (Å²) in [4.78, 5) is 14.5. The first kappa shape index (κ1) is 15.4. The molecule has 1 N–H and O–H groups in total. The number of benzene rings is 1. The number of nitrogens with one attached hydrogen (secondary N) is 1. The fraction of sp³-hybridized carbons (Fsp3) is 0.368. The van der Waals surface area contributed by atoms with Gasteiger partial charge in [0.15, 0.2) is 5.78 Å². The van der Waals surface area contributed by atoms with E-state index in [0.717, 1.165) is 35.4 Å². The minimum absolute atomic E-state index is 0.160. The molecule has 1 aliphatic heterocycles. The molecule has 0 amide bonds. The van der Waals surface area contributed by atoms with E-state index in [0.29, 0.717) is 12.1 Å². The number of ketones is 1. The summed E-state index contributed by atoms with van der Waals surface area (Å²) in [5.41, 5.74) is 4.54. The van der Waals surface area contributed by atoms with E-state index in [2.05, 4.69) is 18.0 Å². The van der Waals surface area contributed by atoms with Crippen LogP contribution in [0.3, 0.4) is 0 Å². The fourth-order valence-corrected chi connectivity index (χ4v) is 3.49. The van der Waals surface area contributed by atoms with E-state index in [1.165, 1.54) is 0 Å². The number of carbonyl (C=O) groups is 1. The molecule has 23 heavy (non-hydrogen) atoms. The number of nitriles is 1. The Bertz CT molecular complexity index is 722. The van der Waals surface area contributed by atoms with Gasteiger partial charge in [-0.2, -0.15) is 5.26 Å². The van der Waals surface area contributed by atoms with Crippen LogP contribution in [-0.2, 0) is 4.79 Å². The highest BCUT2D eigenvalue weighted by Crippen LogP contribution is 2.43. The van der Waals surface area contributed by atoms with E-state index >= 15 is 0 Å². The van der Waals surface area contributed by atoms with Crippen molar-refractivity contribution in [3.63, 3.8) is 0 Å². The van der Waals surface area contributed by atoms with Gasteiger partial charge >= 0.3 is 0 Å². The van der Waals surface area contributed by atoms with Gasteiger partial charge in [-0.15, -0.1) is 0 Å². The first-order valence-corrected chi connectivity index (χ1v) is 7.92. The van der Waals surface area contributed by atoms with Crippen molar-refractivity contribution in [2.75, 3.05) is 19.0 Å². The van der Waals surface area contributed by atoms with Crippen LogP contribution in [-0.4, -0.2) is 19.9 Å². The highest BCUT2D eigenvalue weighted by molar-refractivity contribution is 5.99. The predicted octanol–water partition coefficient (Wildman–Crippen LogP) is 3.10. The number of allylic oxidation sites excluding steroid dienone is 3. The second-order valence-electron chi connectivity index (χ2n) is 6.39. The van der Waals surface area contributed by atoms with Crippen LogP contribution in [0.4, 0.5) is 5.69 Å². The van der Waals surface area contributed by atoms with Gasteiger partial charge in [-0.05, 0) is 30.5 Å². The van der Waals surface area contributed by atoms with Crippen molar-refractivity contribution in [2.24, 2.45) is 5.92 Å². The number of Topliss-reactive ketones (excluding diaryl/α,β-unsaturated/α-hetero) is 1. The third-order valence-electron chi connectivity index (χ3n) is 4.70. The topological polar surface area (TPSA) is 56.1 Å². The number of carbonyl (C=O) groups excluding carboxylic acids is 1. The van der Waals surface area contributed by atoms with Gasteiger partial charge in [0.05, 0.1) is 12.0 Å². The van der Waals surface area contributed by atoms with Crippen molar-refractivity contribution in [3.8, 4) is 6.07 Å². The quantitative estimate of drug-likeness (QED) is 0.912. The molecule has 1 aromatic rings. The third-order valence-corrected chi connectivity index (χ3v) is 4.70. The monoisotopic (exact) mass is 307 g/mol. The average Bonchev–Trinajstić information content (AvgIpc) is 2.54. The van der Waals surface area contributed by atoms with Gasteiger partial charge in [0.1, 0.15) is 0 Å². The van der Waals surface area contributed by atoms with Crippen LogP contribution in [0, 0.1) is 17.2 Å². The van der Waals surface area contributed by atoms with Crippen molar-refractivity contribution in [2.45, 2.75) is 25.2 Å². The molecule has 0 bridgehead atoms. The number of rotatable bonds is 2. The number of nitrogens with zero attached hydrogens (tertiary/aromatic N) is 2. The van der Waals surface area contributed by atoms with E-state index < -0.39 is 5.92 Å². The first-order chi connectivity index (χ1) is 11.0. The van der Waals surface area contributed by atoms with Gasteiger partial charge < -0.3 is 10.2 Å². The van der Waals surface area contributed by atoms with Crippen LogP contribution in [0.2, 0.25) is 0 Å². The molecule has 2 unspecified atom stereocenters. The summed E-state index contributed by atoms with van der Waals surface area (Å²) >= 11 is 0. The third kappa shape index (κ3) is 2.63. The maximum absolute atomic E-state index is 12.5. The van der Waals surface area contributed by atoms with Crippen LogP contribution in [0.1, 0.15) is 30.7 Å². The summed E-state index contributed by atoms with van der Waals surface area (Å²) in [6.45, 7) is 4.02. The molecule has 1 heterocycles. The molecule has 118 valence electrons. The minimum Gasteiger partial charge on any atom is -0.378 e. The molecular formula is C19H21N3O. The fourth-order valence-electron chi connectivity index (χ4n) is 3.49. The van der Waals surface area contributed by atoms with Crippen LogP contribution < -0.4 is 10.2 Å². The zero-order valence-corrected chi connectivity index (χ0v) is 13.6. The standard InChI is InChI=1S/C19H21N3O/c1-12-15(11-20)18(13-7-9-14(10-8-13)22(2)3)19-16(21-12)5-4-6-17(19)23/h7-10,15,18,21H,1,4-6H2,2-3H3. The molecule has 1 aromatic carbocycles. The highest BCUT2D eigenvalue weighted by Gasteiger charge is 2.39. The van der Waals surface area contributed by atoms with E-state index in [1.807, 2.05) is 43.3 Å². The molecule has 4 heteroatoms. The van der Waals surface area contributed by atoms with Crippen molar-refractivity contribution < 1.29 is 4.79 Å². The second-order valence-corrected chi connectivity index (χ2v) is 6.39. The van der Waals surface area contributed by atoms with Crippen molar-refractivity contribution in [1.82, 2.24) is 5.32 Å². The van der Waals surface area contributed by atoms with E-state index in [9.17, 15) is 10.1 Å². The molecule has 0 aromatic heterocycles. The zero-order chi connectivity index (χ0) is 16.6. The highest BCUT2D eigenvalue weighted by atomic mass is 16.1. The maximum atomic E-state index is 12.5. The summed E-state index contributed by atoms with van der Waals surface area (Å²) in [6, 6.07) is 10.4. The Morgan fingerprint density at radius 2 is 1.96 bits per heavy atom. The molecule has 4 nitrogen and oxygen atoms in total. The Morgan fingerprint density at radius 1 is 1.26 bits per heavy atom. The summed E-state index contributed by atoms with van der Waals surface area (Å²) in [7, 11) is 3.98. The molecule has 1 aliphatic carbocycles. The lowest BCUT2D eigenvalue weighted by atomic mass is 9.72. The average molecular weight is 307 g/mol. The Labute approximate surface area is 137 Å². The molecule has 0 spiro atoms. The van der Waals surface area contributed by atoms with Gasteiger partial charge in [-0.3, -0.25) is 4.79 Å². The molecule has 0 radical (unpaired) electrons. The van der Waals surface area contributed by atoms with Crippen molar-refractivity contribution >= 4 is 11.5 Å². The number of anilines is 1. The lowest BCUT2D eigenvalue weighted by Gasteiger charge is -2.36. The van der Waals surface area contributed by atoms with Gasteiger partial charge in [-0.1, -0.05) is 18.7 Å². The molecular weight excluding hydrogens is 286 g/mol. The molecule has 0 fully saturated rings. The molecule has 3 rings (SSSR count). The zero-order valence-electron chi connectivity index (χ0n) is 13.6. The van der Waals surface area contributed by atoms with E-state index in [4.69, 9.17) is 0 Å². The first-order valence-electron chi connectivity index (χ1n) is 7.92. The Kier molecular flexibility index (Phi) is 3.96.